The lowest BCUT2D eigenvalue weighted by molar-refractivity contribution is -0.248. The van der Waals surface area contributed by atoms with Gasteiger partial charge in [-0.25, -0.2) is 4.79 Å². The molecule has 3 fully saturated rings. The molecule has 130 valence electrons. The van der Waals surface area contributed by atoms with Crippen LogP contribution in [0.4, 0.5) is 4.79 Å². The number of fused-ring (bicyclic) bond motifs is 3. The van der Waals surface area contributed by atoms with Gasteiger partial charge in [-0.2, -0.15) is 0 Å². The van der Waals surface area contributed by atoms with Crippen LogP contribution in [0.25, 0.3) is 0 Å². The second kappa shape index (κ2) is 5.72. The molecule has 6 heteroatoms. The number of epoxide rings is 1. The van der Waals surface area contributed by atoms with E-state index in [2.05, 4.69) is 0 Å². The van der Waals surface area contributed by atoms with Crippen LogP contribution in [0, 0.1) is 0 Å². The maximum Gasteiger partial charge on any atom is 0.410 e. The highest BCUT2D eigenvalue weighted by atomic mass is 16.7. The Morgan fingerprint density at radius 3 is 2.62 bits per heavy atom. The lowest BCUT2D eigenvalue weighted by Gasteiger charge is -2.44. The Hall–Kier alpha value is -1.63. The third-order valence-corrected chi connectivity index (χ3v) is 4.50. The number of hydrogen-bond acceptors (Lipinski definition) is 5. The molecule has 0 N–H and O–H groups in total. The zero-order valence-electron chi connectivity index (χ0n) is 14.2. The Kier molecular flexibility index (Phi) is 3.78. The molecule has 1 amide bonds. The predicted molar refractivity (Wildman–Crippen MR) is 85.4 cm³/mol. The highest BCUT2D eigenvalue weighted by Crippen LogP contribution is 2.42. The minimum atomic E-state index is -0.531. The van der Waals surface area contributed by atoms with Crippen molar-refractivity contribution in [3.63, 3.8) is 0 Å². The van der Waals surface area contributed by atoms with Crippen LogP contribution in [0.2, 0.25) is 0 Å². The van der Waals surface area contributed by atoms with Crippen LogP contribution in [-0.2, 0) is 18.9 Å². The van der Waals surface area contributed by atoms with Gasteiger partial charge in [-0.1, -0.05) is 30.3 Å². The van der Waals surface area contributed by atoms with Crippen molar-refractivity contribution in [2.45, 2.75) is 57.0 Å². The second-order valence-corrected chi connectivity index (χ2v) is 7.52. The van der Waals surface area contributed by atoms with Gasteiger partial charge in [0.05, 0.1) is 19.2 Å². The fourth-order valence-electron chi connectivity index (χ4n) is 3.35. The van der Waals surface area contributed by atoms with E-state index in [1.807, 2.05) is 51.1 Å². The molecule has 0 saturated carbocycles. The number of hydrogen-bond donors (Lipinski definition) is 0. The van der Waals surface area contributed by atoms with Crippen LogP contribution in [0.1, 0.15) is 32.6 Å². The van der Waals surface area contributed by atoms with E-state index >= 15 is 0 Å². The summed E-state index contributed by atoms with van der Waals surface area (Å²) in [6, 6.07) is 9.65. The average Bonchev–Trinajstić information content (AvgIpc) is 3.32. The van der Waals surface area contributed by atoms with Crippen LogP contribution in [0.15, 0.2) is 30.3 Å². The van der Waals surface area contributed by atoms with Gasteiger partial charge in [0.15, 0.2) is 6.29 Å². The first-order valence-corrected chi connectivity index (χ1v) is 8.39. The summed E-state index contributed by atoms with van der Waals surface area (Å²) in [4.78, 5) is 14.2. The number of carbonyl (C=O) groups excluding carboxylic acids is 1. The fraction of sp³-hybridized carbons (Fsp3) is 0.611. The van der Waals surface area contributed by atoms with E-state index < -0.39 is 11.9 Å². The summed E-state index contributed by atoms with van der Waals surface area (Å²) >= 11 is 0. The smallest absolute Gasteiger partial charge is 0.410 e. The molecule has 5 atom stereocenters. The third kappa shape index (κ3) is 3.01. The molecule has 3 saturated heterocycles. The van der Waals surface area contributed by atoms with Gasteiger partial charge in [0.2, 0.25) is 0 Å². The molecule has 1 aromatic rings. The lowest BCUT2D eigenvalue weighted by Crippen LogP contribution is -2.60. The lowest BCUT2D eigenvalue weighted by atomic mass is 9.98. The van der Waals surface area contributed by atoms with Crippen molar-refractivity contribution < 1.29 is 23.7 Å². The summed E-state index contributed by atoms with van der Waals surface area (Å²) in [5.74, 6) is 0. The topological polar surface area (TPSA) is 60.5 Å². The van der Waals surface area contributed by atoms with E-state index in [0.29, 0.717) is 13.2 Å². The van der Waals surface area contributed by atoms with Gasteiger partial charge in [-0.05, 0) is 20.8 Å². The van der Waals surface area contributed by atoms with E-state index in [4.69, 9.17) is 18.9 Å². The largest absolute Gasteiger partial charge is 0.444 e. The molecule has 6 nitrogen and oxygen atoms in total. The zero-order chi connectivity index (χ0) is 16.9. The van der Waals surface area contributed by atoms with Crippen LogP contribution in [-0.4, -0.2) is 54.1 Å². The number of benzene rings is 1. The zero-order valence-corrected chi connectivity index (χ0v) is 14.2. The Labute approximate surface area is 141 Å². The molecular formula is C18H23NO5. The molecule has 1 aromatic carbocycles. The molecule has 3 aliphatic rings. The maximum atomic E-state index is 12.5. The van der Waals surface area contributed by atoms with Crippen molar-refractivity contribution in [2.75, 3.05) is 13.2 Å². The van der Waals surface area contributed by atoms with Crippen LogP contribution >= 0.6 is 0 Å². The second-order valence-electron chi connectivity index (χ2n) is 7.52. The standard InChI is InChI=1S/C18H23NO5/c1-18(2,3)24-17(20)19-9-13-15(22-13)14-12(19)10-21-16(23-14)11-7-5-4-6-8-11/h4-8,12-16H,9-10H2,1-3H3/t12?,13?,14-,15?,16?/m0/s1. The van der Waals surface area contributed by atoms with Gasteiger partial charge in [0, 0.05) is 5.56 Å². The first kappa shape index (κ1) is 15.9. The average molecular weight is 333 g/mol. The third-order valence-electron chi connectivity index (χ3n) is 4.50. The van der Waals surface area contributed by atoms with Gasteiger partial charge in [0.25, 0.3) is 0 Å². The highest BCUT2D eigenvalue weighted by Gasteiger charge is 2.59. The van der Waals surface area contributed by atoms with Crippen LogP contribution in [0.3, 0.4) is 0 Å². The Morgan fingerprint density at radius 1 is 1.17 bits per heavy atom. The number of ether oxygens (including phenoxy) is 4. The summed E-state index contributed by atoms with van der Waals surface area (Å²) in [5.41, 5.74) is 0.444. The van der Waals surface area contributed by atoms with Crippen molar-refractivity contribution in [1.82, 2.24) is 4.90 Å². The van der Waals surface area contributed by atoms with E-state index in [9.17, 15) is 4.79 Å². The van der Waals surface area contributed by atoms with Gasteiger partial charge >= 0.3 is 6.09 Å². The van der Waals surface area contributed by atoms with Gasteiger partial charge in [-0.3, -0.25) is 4.90 Å². The summed E-state index contributed by atoms with van der Waals surface area (Å²) < 4.78 is 23.3. The number of amides is 1. The van der Waals surface area contributed by atoms with Crippen molar-refractivity contribution >= 4 is 6.09 Å². The fourth-order valence-corrected chi connectivity index (χ4v) is 3.35. The van der Waals surface area contributed by atoms with Crippen molar-refractivity contribution in [3.8, 4) is 0 Å². The summed E-state index contributed by atoms with van der Waals surface area (Å²) in [6.45, 7) is 6.53. The first-order chi connectivity index (χ1) is 11.4. The minimum absolute atomic E-state index is 0.0355. The van der Waals surface area contributed by atoms with Gasteiger partial charge in [0.1, 0.15) is 23.9 Å². The molecule has 0 aliphatic carbocycles. The quantitative estimate of drug-likeness (QED) is 0.739. The van der Waals surface area contributed by atoms with E-state index in [1.165, 1.54) is 0 Å². The van der Waals surface area contributed by atoms with Gasteiger partial charge < -0.3 is 18.9 Å². The molecule has 0 aromatic heterocycles. The van der Waals surface area contributed by atoms with Crippen LogP contribution in [0.5, 0.6) is 0 Å². The first-order valence-electron chi connectivity index (χ1n) is 8.39. The molecular weight excluding hydrogens is 310 g/mol. The molecule has 24 heavy (non-hydrogen) atoms. The Bertz CT molecular complexity index is 614. The monoisotopic (exact) mass is 333 g/mol. The van der Waals surface area contributed by atoms with E-state index in [-0.39, 0.29) is 30.4 Å². The highest BCUT2D eigenvalue weighted by molar-refractivity contribution is 5.69. The van der Waals surface area contributed by atoms with E-state index in [1.54, 1.807) is 4.90 Å². The number of nitrogens with zero attached hydrogens (tertiary/aromatic N) is 1. The maximum absolute atomic E-state index is 12.5. The number of rotatable bonds is 1. The molecule has 3 aliphatic heterocycles. The minimum Gasteiger partial charge on any atom is -0.444 e. The summed E-state index contributed by atoms with van der Waals surface area (Å²) in [7, 11) is 0. The van der Waals surface area contributed by atoms with Crippen molar-refractivity contribution in [2.24, 2.45) is 0 Å². The van der Waals surface area contributed by atoms with Crippen LogP contribution < -0.4 is 0 Å². The molecule has 3 heterocycles. The Balaban J connectivity index is 1.50. The number of carbonyl (C=O) groups is 1. The number of likely N-dealkylation sites (tertiary alicyclic amines) is 1. The predicted octanol–water partition coefficient (Wildman–Crippen LogP) is 2.49. The molecule has 4 unspecified atom stereocenters. The van der Waals surface area contributed by atoms with Crippen molar-refractivity contribution in [1.29, 1.82) is 0 Å². The summed E-state index contributed by atoms with van der Waals surface area (Å²) in [6.07, 6.45) is -0.861. The summed E-state index contributed by atoms with van der Waals surface area (Å²) in [5, 5.41) is 0. The SMILES string of the molecule is CC(C)(C)OC(=O)N1CC2OC2[C@H]2OC(c3ccccc3)OCC21. The number of piperidine rings is 1. The molecule has 4 rings (SSSR count). The Morgan fingerprint density at radius 2 is 1.92 bits per heavy atom. The normalized spacial score (nSPS) is 35.0. The molecule has 0 bridgehead atoms. The molecule has 0 spiro atoms. The molecule has 0 radical (unpaired) electrons. The van der Waals surface area contributed by atoms with E-state index in [0.717, 1.165) is 5.56 Å². The van der Waals surface area contributed by atoms with Crippen molar-refractivity contribution in [3.05, 3.63) is 35.9 Å². The van der Waals surface area contributed by atoms with Gasteiger partial charge in [-0.15, -0.1) is 0 Å².